The molecule has 0 atom stereocenters. The van der Waals surface area contributed by atoms with Gasteiger partial charge in [-0.2, -0.15) is 4.98 Å². The van der Waals surface area contributed by atoms with Crippen molar-refractivity contribution in [2.75, 3.05) is 19.7 Å². The van der Waals surface area contributed by atoms with Gasteiger partial charge in [-0.25, -0.2) is 0 Å². The number of aromatic nitrogens is 2. The van der Waals surface area contributed by atoms with Gasteiger partial charge >= 0.3 is 11.8 Å². The van der Waals surface area contributed by atoms with Crippen LogP contribution in [0.4, 0.5) is 0 Å². The number of carbonyl (C=O) groups excluding carboxylic acids is 2. The van der Waals surface area contributed by atoms with Crippen LogP contribution in [0.15, 0.2) is 33.3 Å². The Balaban J connectivity index is 1.33. The zero-order valence-corrected chi connectivity index (χ0v) is 17.0. The second-order valence-electron chi connectivity index (χ2n) is 6.64. The lowest BCUT2D eigenvalue weighted by Gasteiger charge is -2.17. The summed E-state index contributed by atoms with van der Waals surface area (Å²) in [6, 6.07) is 7.20. The largest absolute Gasteiger partial charge is 0.484 e. The maximum absolute atomic E-state index is 12.1. The molecule has 8 nitrogen and oxygen atoms in total. The molecule has 2 aromatic rings. The second-order valence-corrected chi connectivity index (χ2v) is 7.56. The van der Waals surface area contributed by atoms with E-state index in [0.717, 1.165) is 30.2 Å². The van der Waals surface area contributed by atoms with Crippen molar-refractivity contribution in [2.24, 2.45) is 0 Å². The van der Waals surface area contributed by atoms with Crippen LogP contribution in [0.5, 0.6) is 5.75 Å². The van der Waals surface area contributed by atoms with Gasteiger partial charge in [0.25, 0.3) is 5.91 Å². The molecule has 0 unspecified atom stereocenters. The van der Waals surface area contributed by atoms with Crippen molar-refractivity contribution in [3.8, 4) is 5.75 Å². The van der Waals surface area contributed by atoms with E-state index in [4.69, 9.17) is 9.26 Å². The second kappa shape index (κ2) is 10.2. The number of ether oxygens (including phenoxy) is 1. The molecule has 0 aliphatic heterocycles. The van der Waals surface area contributed by atoms with Gasteiger partial charge in [0.15, 0.2) is 12.4 Å². The van der Waals surface area contributed by atoms with Gasteiger partial charge in [-0.05, 0) is 37.1 Å². The number of benzene rings is 1. The molecule has 9 heteroatoms. The highest BCUT2D eigenvalue weighted by molar-refractivity contribution is 9.10. The highest BCUT2D eigenvalue weighted by atomic mass is 79.9. The third-order valence-electron chi connectivity index (χ3n) is 4.52. The van der Waals surface area contributed by atoms with Gasteiger partial charge in [-0.15, -0.1) is 0 Å². The molecule has 150 valence electrons. The van der Waals surface area contributed by atoms with Crippen molar-refractivity contribution in [1.29, 1.82) is 0 Å². The number of carbonyl (C=O) groups is 2. The first kappa shape index (κ1) is 20.3. The van der Waals surface area contributed by atoms with Crippen LogP contribution < -0.4 is 15.4 Å². The Morgan fingerprint density at radius 2 is 1.82 bits per heavy atom. The first-order valence-corrected chi connectivity index (χ1v) is 10.2. The Labute approximate surface area is 171 Å². The summed E-state index contributed by atoms with van der Waals surface area (Å²) in [5.41, 5.74) is 0. The van der Waals surface area contributed by atoms with E-state index in [1.54, 1.807) is 12.1 Å². The maximum atomic E-state index is 12.1. The van der Waals surface area contributed by atoms with E-state index in [0.29, 0.717) is 11.6 Å². The van der Waals surface area contributed by atoms with E-state index in [9.17, 15) is 9.59 Å². The molecule has 1 heterocycles. The smallest absolute Gasteiger partial charge is 0.315 e. The molecule has 0 saturated heterocycles. The molecule has 0 spiro atoms. The minimum Gasteiger partial charge on any atom is -0.484 e. The number of rotatable bonds is 8. The van der Waals surface area contributed by atoms with Crippen molar-refractivity contribution in [2.45, 2.75) is 38.0 Å². The fourth-order valence-electron chi connectivity index (χ4n) is 3.04. The predicted molar refractivity (Wildman–Crippen MR) is 105 cm³/mol. The molecule has 28 heavy (non-hydrogen) atoms. The maximum Gasteiger partial charge on any atom is 0.315 e. The first-order chi connectivity index (χ1) is 13.6. The average Bonchev–Trinajstić information content (AvgIpc) is 3.22. The Morgan fingerprint density at radius 1 is 1.11 bits per heavy atom. The van der Waals surface area contributed by atoms with Crippen molar-refractivity contribution < 1.29 is 18.8 Å². The van der Waals surface area contributed by atoms with Gasteiger partial charge in [0, 0.05) is 23.5 Å². The van der Waals surface area contributed by atoms with E-state index in [-0.39, 0.29) is 37.4 Å². The molecule has 1 aromatic carbocycles. The van der Waals surface area contributed by atoms with E-state index >= 15 is 0 Å². The molecule has 1 fully saturated rings. The minimum atomic E-state index is -0.435. The normalized spacial score (nSPS) is 14.5. The molecule has 3 rings (SSSR count). The van der Waals surface area contributed by atoms with Crippen LogP contribution in [-0.2, 0) is 4.79 Å². The summed E-state index contributed by atoms with van der Waals surface area (Å²) in [6.07, 6.45) is 5.63. The summed E-state index contributed by atoms with van der Waals surface area (Å²) < 4.78 is 11.4. The molecule has 0 radical (unpaired) electrons. The van der Waals surface area contributed by atoms with Crippen LogP contribution in [-0.4, -0.2) is 41.7 Å². The number of halogens is 1. The van der Waals surface area contributed by atoms with Crippen LogP contribution in [0.1, 0.15) is 54.5 Å². The Kier molecular flexibility index (Phi) is 7.41. The zero-order chi connectivity index (χ0) is 19.8. The highest BCUT2D eigenvalue weighted by Crippen LogP contribution is 2.30. The van der Waals surface area contributed by atoms with Crippen molar-refractivity contribution in [1.82, 2.24) is 20.8 Å². The van der Waals surface area contributed by atoms with Gasteiger partial charge in [-0.1, -0.05) is 40.3 Å². The van der Waals surface area contributed by atoms with Crippen LogP contribution >= 0.6 is 15.9 Å². The van der Waals surface area contributed by atoms with E-state index in [1.807, 2.05) is 12.1 Å². The Morgan fingerprint density at radius 3 is 2.57 bits per heavy atom. The molecule has 2 amide bonds. The molecule has 0 bridgehead atoms. The van der Waals surface area contributed by atoms with Crippen LogP contribution in [0.3, 0.4) is 0 Å². The monoisotopic (exact) mass is 450 g/mol. The summed E-state index contributed by atoms with van der Waals surface area (Å²) in [5, 5.41) is 9.27. The van der Waals surface area contributed by atoms with Crippen LogP contribution in [0, 0.1) is 0 Å². The van der Waals surface area contributed by atoms with Crippen molar-refractivity contribution >= 4 is 27.7 Å². The van der Waals surface area contributed by atoms with Crippen molar-refractivity contribution in [3.05, 3.63) is 40.5 Å². The fourth-order valence-corrected chi connectivity index (χ4v) is 3.30. The summed E-state index contributed by atoms with van der Waals surface area (Å²) in [6.45, 7) is 0.436. The number of hydrogen-bond acceptors (Lipinski definition) is 6. The lowest BCUT2D eigenvalue weighted by molar-refractivity contribution is -0.123. The SMILES string of the molecule is O=C(COc1ccc(Br)cc1)NCCNC(=O)c1nc(C2CCCCC2)no1. The first-order valence-electron chi connectivity index (χ1n) is 9.38. The highest BCUT2D eigenvalue weighted by Gasteiger charge is 2.23. The molecule has 2 N–H and O–H groups in total. The fraction of sp³-hybridized carbons (Fsp3) is 0.474. The van der Waals surface area contributed by atoms with E-state index in [1.165, 1.54) is 6.42 Å². The predicted octanol–water partition coefficient (Wildman–Crippen LogP) is 2.80. The third kappa shape index (κ3) is 6.05. The van der Waals surface area contributed by atoms with Gasteiger partial charge in [0.05, 0.1) is 0 Å². The zero-order valence-electron chi connectivity index (χ0n) is 15.4. The quantitative estimate of drug-likeness (QED) is 0.598. The Hall–Kier alpha value is -2.42. The molecular formula is C19H23BrN4O4. The standard InChI is InChI=1S/C19H23BrN4O4/c20-14-6-8-15(9-7-14)27-12-16(25)21-10-11-22-18(26)19-23-17(24-28-19)13-4-2-1-3-5-13/h6-9,13H,1-5,10-12H2,(H,21,25)(H,22,26). The molecule has 1 aromatic heterocycles. The molecule has 1 aliphatic rings. The number of hydrogen-bond donors (Lipinski definition) is 2. The van der Waals surface area contributed by atoms with Gasteiger partial charge in [0.1, 0.15) is 5.75 Å². The third-order valence-corrected chi connectivity index (χ3v) is 5.05. The summed E-state index contributed by atoms with van der Waals surface area (Å²) in [4.78, 5) is 28.1. The van der Waals surface area contributed by atoms with Crippen LogP contribution in [0.25, 0.3) is 0 Å². The Bertz CT molecular complexity index is 787. The van der Waals surface area contributed by atoms with Gasteiger partial charge in [0.2, 0.25) is 0 Å². The van der Waals surface area contributed by atoms with E-state index in [2.05, 4.69) is 36.7 Å². The lowest BCUT2D eigenvalue weighted by Crippen LogP contribution is -2.36. The topological polar surface area (TPSA) is 106 Å². The summed E-state index contributed by atoms with van der Waals surface area (Å²) in [5.74, 6) is 0.763. The molecule has 1 saturated carbocycles. The lowest BCUT2D eigenvalue weighted by atomic mass is 9.89. The van der Waals surface area contributed by atoms with Crippen LogP contribution in [0.2, 0.25) is 0 Å². The minimum absolute atomic E-state index is 0.0366. The number of nitrogens with zero attached hydrogens (tertiary/aromatic N) is 2. The van der Waals surface area contributed by atoms with Crippen molar-refractivity contribution in [3.63, 3.8) is 0 Å². The number of amides is 2. The van der Waals surface area contributed by atoms with Gasteiger partial charge in [-0.3, -0.25) is 9.59 Å². The summed E-state index contributed by atoms with van der Waals surface area (Å²) >= 11 is 3.33. The molecular weight excluding hydrogens is 428 g/mol. The average molecular weight is 451 g/mol. The van der Waals surface area contributed by atoms with Gasteiger partial charge < -0.3 is 19.9 Å². The molecule has 1 aliphatic carbocycles. The summed E-state index contributed by atoms with van der Waals surface area (Å²) in [7, 11) is 0. The van der Waals surface area contributed by atoms with E-state index < -0.39 is 5.91 Å². The number of nitrogens with one attached hydrogen (secondary N) is 2.